The van der Waals surface area contributed by atoms with Crippen molar-refractivity contribution in [2.24, 2.45) is 0 Å². The summed E-state index contributed by atoms with van der Waals surface area (Å²) in [4.78, 5) is 20.8. The van der Waals surface area contributed by atoms with Crippen LogP contribution in [0.5, 0.6) is 11.5 Å². The Labute approximate surface area is 167 Å². The molecular weight excluding hydrogens is 370 g/mol. The molecule has 1 amide bonds. The van der Waals surface area contributed by atoms with Gasteiger partial charge in [-0.05, 0) is 49.9 Å². The molecule has 0 atom stereocenters. The van der Waals surface area contributed by atoms with Crippen LogP contribution in [0, 0.1) is 0 Å². The van der Waals surface area contributed by atoms with Gasteiger partial charge in [-0.3, -0.25) is 9.48 Å². The maximum absolute atomic E-state index is 12.6. The van der Waals surface area contributed by atoms with Gasteiger partial charge in [-0.15, -0.1) is 0 Å². The van der Waals surface area contributed by atoms with Gasteiger partial charge < -0.3 is 14.8 Å². The molecule has 0 spiro atoms. The van der Waals surface area contributed by atoms with E-state index in [0.717, 1.165) is 36.9 Å². The van der Waals surface area contributed by atoms with Crippen LogP contribution in [-0.2, 0) is 0 Å². The van der Waals surface area contributed by atoms with Crippen molar-refractivity contribution in [2.45, 2.75) is 37.8 Å². The van der Waals surface area contributed by atoms with Gasteiger partial charge in [-0.2, -0.15) is 5.10 Å². The zero-order valence-electron chi connectivity index (χ0n) is 15.8. The van der Waals surface area contributed by atoms with Gasteiger partial charge in [0.2, 0.25) is 6.79 Å². The third kappa shape index (κ3) is 3.65. The first kappa shape index (κ1) is 17.7. The average molecular weight is 391 g/mol. The van der Waals surface area contributed by atoms with Crippen LogP contribution in [0.25, 0.3) is 11.3 Å². The van der Waals surface area contributed by atoms with E-state index in [1.54, 1.807) is 30.7 Å². The van der Waals surface area contributed by atoms with Crippen molar-refractivity contribution in [1.82, 2.24) is 25.1 Å². The molecular formula is C21H21N5O3. The largest absolute Gasteiger partial charge is 0.454 e. The van der Waals surface area contributed by atoms with Crippen molar-refractivity contribution in [1.29, 1.82) is 0 Å². The smallest absolute Gasteiger partial charge is 0.251 e. The summed E-state index contributed by atoms with van der Waals surface area (Å²) in [6, 6.07) is 7.67. The van der Waals surface area contributed by atoms with Crippen molar-refractivity contribution in [3.05, 3.63) is 54.7 Å². The van der Waals surface area contributed by atoms with E-state index in [1.807, 2.05) is 23.1 Å². The Morgan fingerprint density at radius 2 is 1.97 bits per heavy atom. The fourth-order valence-electron chi connectivity index (χ4n) is 3.92. The summed E-state index contributed by atoms with van der Waals surface area (Å²) in [7, 11) is 0. The molecule has 3 heterocycles. The van der Waals surface area contributed by atoms with E-state index in [-0.39, 0.29) is 18.7 Å². The third-order valence-corrected chi connectivity index (χ3v) is 5.52. The summed E-state index contributed by atoms with van der Waals surface area (Å²) in [5.41, 5.74) is 2.46. The molecule has 8 nitrogen and oxygen atoms in total. The van der Waals surface area contributed by atoms with Crippen molar-refractivity contribution >= 4 is 5.91 Å². The number of aromatic nitrogens is 4. The highest BCUT2D eigenvalue weighted by Crippen LogP contribution is 2.33. The quantitative estimate of drug-likeness (QED) is 0.735. The van der Waals surface area contributed by atoms with Gasteiger partial charge in [0.1, 0.15) is 6.33 Å². The third-order valence-electron chi connectivity index (χ3n) is 5.52. The molecule has 29 heavy (non-hydrogen) atoms. The Balaban J connectivity index is 1.18. The Kier molecular flexibility index (Phi) is 4.59. The molecule has 1 aromatic carbocycles. The summed E-state index contributed by atoms with van der Waals surface area (Å²) in [6.45, 7) is 0.205. The van der Waals surface area contributed by atoms with Gasteiger partial charge in [0.05, 0.1) is 17.9 Å². The number of rotatable bonds is 4. The maximum atomic E-state index is 12.6. The van der Waals surface area contributed by atoms with Gasteiger partial charge in [0.25, 0.3) is 5.91 Å². The van der Waals surface area contributed by atoms with E-state index >= 15 is 0 Å². The molecule has 1 N–H and O–H groups in total. The van der Waals surface area contributed by atoms with Crippen molar-refractivity contribution in [2.75, 3.05) is 6.79 Å². The molecule has 1 fully saturated rings. The summed E-state index contributed by atoms with van der Waals surface area (Å²) >= 11 is 0. The fourth-order valence-corrected chi connectivity index (χ4v) is 3.92. The van der Waals surface area contributed by atoms with Crippen LogP contribution >= 0.6 is 0 Å². The van der Waals surface area contributed by atoms with Crippen molar-refractivity contribution in [3.8, 4) is 22.8 Å². The van der Waals surface area contributed by atoms with Gasteiger partial charge >= 0.3 is 0 Å². The second kappa shape index (κ2) is 7.54. The highest BCUT2D eigenvalue weighted by atomic mass is 16.7. The van der Waals surface area contributed by atoms with Crippen LogP contribution < -0.4 is 14.8 Å². The lowest BCUT2D eigenvalue weighted by atomic mass is 9.91. The Hall–Kier alpha value is -3.42. The molecule has 0 radical (unpaired) electrons. The molecule has 1 aliphatic carbocycles. The summed E-state index contributed by atoms with van der Waals surface area (Å²) in [5, 5.41) is 7.67. The van der Waals surface area contributed by atoms with E-state index in [4.69, 9.17) is 9.47 Å². The number of benzene rings is 1. The summed E-state index contributed by atoms with van der Waals surface area (Å²) in [6.07, 6.45) is 10.9. The van der Waals surface area contributed by atoms with Gasteiger partial charge in [0.15, 0.2) is 11.5 Å². The van der Waals surface area contributed by atoms with Crippen LogP contribution in [-0.4, -0.2) is 38.5 Å². The van der Waals surface area contributed by atoms with Crippen molar-refractivity contribution < 1.29 is 14.3 Å². The number of fused-ring (bicyclic) bond motifs is 1. The fraction of sp³-hybridized carbons (Fsp3) is 0.333. The average Bonchev–Trinajstić information content (AvgIpc) is 3.44. The first-order valence-corrected chi connectivity index (χ1v) is 9.77. The minimum atomic E-state index is -0.0723. The maximum Gasteiger partial charge on any atom is 0.251 e. The lowest BCUT2D eigenvalue weighted by molar-refractivity contribution is 0.0921. The van der Waals surface area contributed by atoms with Gasteiger partial charge in [0, 0.05) is 29.6 Å². The number of ether oxygens (including phenoxy) is 2. The molecule has 0 unspecified atom stereocenters. The minimum absolute atomic E-state index is 0.0723. The van der Waals surface area contributed by atoms with E-state index in [9.17, 15) is 4.79 Å². The van der Waals surface area contributed by atoms with E-state index in [0.29, 0.717) is 23.1 Å². The molecule has 0 bridgehead atoms. The van der Waals surface area contributed by atoms with Crippen LogP contribution in [0.1, 0.15) is 42.1 Å². The minimum Gasteiger partial charge on any atom is -0.454 e. The molecule has 2 aliphatic rings. The van der Waals surface area contributed by atoms with Crippen LogP contribution in [0.3, 0.4) is 0 Å². The number of amides is 1. The number of carbonyl (C=O) groups excluding carboxylic acids is 1. The highest BCUT2D eigenvalue weighted by molar-refractivity contribution is 5.95. The molecule has 0 saturated heterocycles. The van der Waals surface area contributed by atoms with E-state index < -0.39 is 0 Å². The number of nitrogens with zero attached hydrogens (tertiary/aromatic N) is 4. The lowest BCUT2D eigenvalue weighted by Gasteiger charge is -2.29. The predicted octanol–water partition coefficient (Wildman–Crippen LogP) is 2.98. The normalized spacial score (nSPS) is 20.4. The van der Waals surface area contributed by atoms with Crippen LogP contribution in [0.4, 0.5) is 0 Å². The molecule has 1 saturated carbocycles. The first-order valence-electron chi connectivity index (χ1n) is 9.77. The molecule has 2 aromatic heterocycles. The number of carbonyl (C=O) groups is 1. The summed E-state index contributed by atoms with van der Waals surface area (Å²) in [5.74, 6) is 1.24. The second-order valence-corrected chi connectivity index (χ2v) is 7.35. The predicted molar refractivity (Wildman–Crippen MR) is 105 cm³/mol. The second-order valence-electron chi connectivity index (χ2n) is 7.35. The van der Waals surface area contributed by atoms with E-state index in [1.165, 1.54) is 0 Å². The summed E-state index contributed by atoms with van der Waals surface area (Å²) < 4.78 is 12.7. The number of nitrogens with one attached hydrogen (secondary N) is 1. The Bertz CT molecular complexity index is 1010. The Morgan fingerprint density at radius 1 is 1.10 bits per heavy atom. The van der Waals surface area contributed by atoms with Gasteiger partial charge in [-0.1, -0.05) is 0 Å². The van der Waals surface area contributed by atoms with E-state index in [2.05, 4.69) is 20.4 Å². The first-order chi connectivity index (χ1) is 14.3. The molecule has 5 rings (SSSR count). The topological polar surface area (TPSA) is 91.2 Å². The molecule has 8 heteroatoms. The Morgan fingerprint density at radius 3 is 2.79 bits per heavy atom. The highest BCUT2D eigenvalue weighted by Gasteiger charge is 2.25. The van der Waals surface area contributed by atoms with Crippen molar-refractivity contribution in [3.63, 3.8) is 0 Å². The SMILES string of the molecule is O=C(NC1CCC(n2cc(-c3ccncn3)cn2)CC1)c1ccc2c(c1)OCO2. The van der Waals surface area contributed by atoms with Crippen LogP contribution in [0.2, 0.25) is 0 Å². The molecule has 148 valence electrons. The zero-order valence-corrected chi connectivity index (χ0v) is 15.8. The molecule has 1 aliphatic heterocycles. The lowest BCUT2D eigenvalue weighted by Crippen LogP contribution is -2.38. The molecule has 3 aromatic rings. The number of hydrogen-bond donors (Lipinski definition) is 1. The van der Waals surface area contributed by atoms with Gasteiger partial charge in [-0.25, -0.2) is 9.97 Å². The standard InChI is InChI=1S/C21H21N5O3/c27-21(14-1-6-19-20(9-14)29-13-28-19)25-16-2-4-17(5-3-16)26-11-15(10-24-26)18-7-8-22-12-23-18/h1,6-12,16-17H,2-5,13H2,(H,25,27). The zero-order chi connectivity index (χ0) is 19.6. The monoisotopic (exact) mass is 391 g/mol. The van der Waals surface area contributed by atoms with Crippen LogP contribution in [0.15, 0.2) is 49.2 Å². The number of hydrogen-bond acceptors (Lipinski definition) is 6.